The van der Waals surface area contributed by atoms with Crippen LogP contribution in [0.5, 0.6) is 0 Å². The molecular formula is C10H13N3O6. The quantitative estimate of drug-likeness (QED) is 0.428. The standard InChI is InChI=1S/C6H9N3O2.C4H4O4/c7-5(6(10)11)1-4-2-8-3-9-4;5-3(6)1-2-4(7)8/h2-3,5H,1,7H2,(H,8,9)(H,10,11);1-2H,(H,5,6)(H,7,8). The van der Waals surface area contributed by atoms with E-state index in [0.29, 0.717) is 12.2 Å². The third-order valence-corrected chi connectivity index (χ3v) is 1.68. The monoisotopic (exact) mass is 271 g/mol. The molecule has 19 heavy (non-hydrogen) atoms. The molecule has 0 saturated heterocycles. The van der Waals surface area contributed by atoms with Crippen molar-refractivity contribution >= 4 is 17.9 Å². The molecule has 104 valence electrons. The van der Waals surface area contributed by atoms with Gasteiger partial charge in [0.25, 0.3) is 0 Å². The first-order valence-corrected chi connectivity index (χ1v) is 4.92. The Hall–Kier alpha value is -2.68. The zero-order valence-electron chi connectivity index (χ0n) is 9.68. The van der Waals surface area contributed by atoms with Gasteiger partial charge in [-0.15, -0.1) is 0 Å². The normalized spacial score (nSPS) is 11.4. The third-order valence-electron chi connectivity index (χ3n) is 1.68. The van der Waals surface area contributed by atoms with Gasteiger partial charge in [-0.2, -0.15) is 0 Å². The molecule has 0 aromatic carbocycles. The van der Waals surface area contributed by atoms with E-state index < -0.39 is 23.9 Å². The summed E-state index contributed by atoms with van der Waals surface area (Å²) in [6.07, 6.45) is 4.45. The lowest BCUT2D eigenvalue weighted by molar-refractivity contribution is -0.138. The molecule has 0 radical (unpaired) electrons. The van der Waals surface area contributed by atoms with E-state index in [1.54, 1.807) is 6.20 Å². The molecule has 0 aliphatic carbocycles. The number of aromatic amines is 1. The van der Waals surface area contributed by atoms with Gasteiger partial charge in [-0.1, -0.05) is 0 Å². The van der Waals surface area contributed by atoms with Crippen LogP contribution in [0.2, 0.25) is 0 Å². The average molecular weight is 271 g/mol. The predicted molar refractivity (Wildman–Crippen MR) is 62.3 cm³/mol. The number of carboxylic acid groups (broad SMARTS) is 3. The number of hydrogen-bond acceptors (Lipinski definition) is 5. The summed E-state index contributed by atoms with van der Waals surface area (Å²) in [4.78, 5) is 35.9. The van der Waals surface area contributed by atoms with Gasteiger partial charge in [-0.25, -0.2) is 14.6 Å². The molecule has 6 N–H and O–H groups in total. The van der Waals surface area contributed by atoms with Crippen LogP contribution in [0.1, 0.15) is 5.69 Å². The number of nitrogens with one attached hydrogen (secondary N) is 1. The van der Waals surface area contributed by atoms with Crippen molar-refractivity contribution in [2.45, 2.75) is 12.5 Å². The molecule has 1 heterocycles. The van der Waals surface area contributed by atoms with E-state index in [1.165, 1.54) is 6.33 Å². The molecule has 1 unspecified atom stereocenters. The molecule has 0 bridgehead atoms. The Balaban J connectivity index is 0.000000362. The van der Waals surface area contributed by atoms with Gasteiger partial charge >= 0.3 is 17.9 Å². The summed E-state index contributed by atoms with van der Waals surface area (Å²) in [7, 11) is 0. The smallest absolute Gasteiger partial charge is 0.328 e. The third kappa shape index (κ3) is 9.06. The van der Waals surface area contributed by atoms with Crippen molar-refractivity contribution in [1.29, 1.82) is 0 Å². The first-order valence-electron chi connectivity index (χ1n) is 4.92. The van der Waals surface area contributed by atoms with Crippen molar-refractivity contribution in [3.8, 4) is 0 Å². The molecule has 1 aromatic rings. The van der Waals surface area contributed by atoms with Crippen LogP contribution in [0.3, 0.4) is 0 Å². The number of H-pyrrole nitrogens is 1. The summed E-state index contributed by atoms with van der Waals surface area (Å²) < 4.78 is 0. The summed E-state index contributed by atoms with van der Waals surface area (Å²) in [5.41, 5.74) is 6.00. The molecule has 0 spiro atoms. The lowest BCUT2D eigenvalue weighted by Gasteiger charge is -2.02. The fourth-order valence-corrected chi connectivity index (χ4v) is 0.863. The molecule has 9 nitrogen and oxygen atoms in total. The molecule has 1 aromatic heterocycles. The highest BCUT2D eigenvalue weighted by molar-refractivity contribution is 5.89. The second-order valence-electron chi connectivity index (χ2n) is 3.24. The lowest BCUT2D eigenvalue weighted by atomic mass is 10.2. The Morgan fingerprint density at radius 2 is 1.79 bits per heavy atom. The first-order chi connectivity index (χ1) is 8.82. The number of nitrogens with zero attached hydrogens (tertiary/aromatic N) is 1. The van der Waals surface area contributed by atoms with Crippen LogP contribution in [0, 0.1) is 0 Å². The average Bonchev–Trinajstić information content (AvgIpc) is 2.80. The molecule has 0 saturated carbocycles. The minimum atomic E-state index is -1.26. The zero-order chi connectivity index (χ0) is 14.8. The number of carboxylic acids is 3. The van der Waals surface area contributed by atoms with Gasteiger partial charge in [-0.05, 0) is 0 Å². The summed E-state index contributed by atoms with van der Waals surface area (Å²) in [6.45, 7) is 0. The highest BCUT2D eigenvalue weighted by atomic mass is 16.4. The SMILES string of the molecule is NC(Cc1cnc[nH]1)C(=O)O.O=C(O)C=CC(=O)O. The van der Waals surface area contributed by atoms with Crippen LogP contribution >= 0.6 is 0 Å². The Morgan fingerprint density at radius 1 is 1.26 bits per heavy atom. The summed E-state index contributed by atoms with van der Waals surface area (Å²) in [6, 6.07) is -0.851. The van der Waals surface area contributed by atoms with Crippen molar-refractivity contribution in [1.82, 2.24) is 9.97 Å². The number of carbonyl (C=O) groups is 3. The second kappa shape index (κ2) is 8.42. The number of nitrogens with two attached hydrogens (primary N) is 1. The Labute approximate surface area is 107 Å². The highest BCUT2D eigenvalue weighted by Crippen LogP contribution is 1.95. The topological polar surface area (TPSA) is 167 Å². The Bertz CT molecular complexity index is 438. The van der Waals surface area contributed by atoms with Crippen LogP contribution in [0.4, 0.5) is 0 Å². The van der Waals surface area contributed by atoms with Gasteiger partial charge in [0.1, 0.15) is 6.04 Å². The predicted octanol–water partition coefficient (Wildman–Crippen LogP) is -0.924. The van der Waals surface area contributed by atoms with Crippen LogP contribution in [0.25, 0.3) is 0 Å². The van der Waals surface area contributed by atoms with Gasteiger partial charge < -0.3 is 26.0 Å². The van der Waals surface area contributed by atoms with Crippen LogP contribution in [-0.2, 0) is 20.8 Å². The fourth-order valence-electron chi connectivity index (χ4n) is 0.863. The van der Waals surface area contributed by atoms with Crippen LogP contribution in [-0.4, -0.2) is 49.2 Å². The van der Waals surface area contributed by atoms with Gasteiger partial charge in [0.2, 0.25) is 0 Å². The molecule has 0 aliphatic heterocycles. The van der Waals surface area contributed by atoms with Crippen molar-refractivity contribution in [3.05, 3.63) is 30.4 Å². The van der Waals surface area contributed by atoms with E-state index in [-0.39, 0.29) is 6.42 Å². The Morgan fingerprint density at radius 3 is 2.11 bits per heavy atom. The number of imidazole rings is 1. The number of aromatic nitrogens is 2. The first kappa shape index (κ1) is 16.3. The van der Waals surface area contributed by atoms with E-state index in [1.807, 2.05) is 0 Å². The van der Waals surface area contributed by atoms with E-state index in [9.17, 15) is 14.4 Å². The molecule has 0 aliphatic rings. The van der Waals surface area contributed by atoms with Crippen molar-refractivity contribution < 1.29 is 29.7 Å². The van der Waals surface area contributed by atoms with Crippen molar-refractivity contribution in [2.75, 3.05) is 0 Å². The van der Waals surface area contributed by atoms with Crippen molar-refractivity contribution in [3.63, 3.8) is 0 Å². The molecular weight excluding hydrogens is 258 g/mol. The fraction of sp³-hybridized carbons (Fsp3) is 0.200. The minimum Gasteiger partial charge on any atom is -0.480 e. The zero-order valence-corrected chi connectivity index (χ0v) is 9.68. The lowest BCUT2D eigenvalue weighted by Crippen LogP contribution is -2.32. The second-order valence-corrected chi connectivity index (χ2v) is 3.24. The summed E-state index contributed by atoms with van der Waals surface area (Å²) in [5, 5.41) is 24.0. The Kier molecular flexibility index (Phi) is 7.23. The maximum Gasteiger partial charge on any atom is 0.328 e. The molecule has 0 amide bonds. The summed E-state index contributed by atoms with van der Waals surface area (Å²) >= 11 is 0. The van der Waals surface area contributed by atoms with Crippen LogP contribution < -0.4 is 5.73 Å². The van der Waals surface area contributed by atoms with Gasteiger partial charge in [0.05, 0.1) is 6.33 Å². The molecule has 1 rings (SSSR count). The minimum absolute atomic E-state index is 0.287. The summed E-state index contributed by atoms with van der Waals surface area (Å²) in [5.74, 6) is -3.51. The van der Waals surface area contributed by atoms with E-state index >= 15 is 0 Å². The number of rotatable bonds is 5. The van der Waals surface area contributed by atoms with Gasteiger partial charge in [0, 0.05) is 30.5 Å². The van der Waals surface area contributed by atoms with E-state index in [0.717, 1.165) is 5.69 Å². The highest BCUT2D eigenvalue weighted by Gasteiger charge is 2.11. The molecule has 9 heteroatoms. The van der Waals surface area contributed by atoms with Crippen molar-refractivity contribution in [2.24, 2.45) is 5.73 Å². The maximum atomic E-state index is 10.3. The maximum absolute atomic E-state index is 10.3. The molecule has 1 atom stereocenters. The van der Waals surface area contributed by atoms with E-state index in [2.05, 4.69) is 9.97 Å². The van der Waals surface area contributed by atoms with E-state index in [4.69, 9.17) is 21.1 Å². The number of hydrogen-bond donors (Lipinski definition) is 5. The molecule has 0 fully saturated rings. The largest absolute Gasteiger partial charge is 0.480 e. The van der Waals surface area contributed by atoms with Gasteiger partial charge in [-0.3, -0.25) is 4.79 Å². The van der Waals surface area contributed by atoms with Gasteiger partial charge in [0.15, 0.2) is 0 Å². The van der Waals surface area contributed by atoms with Crippen LogP contribution in [0.15, 0.2) is 24.7 Å². The number of aliphatic carboxylic acids is 3.